The van der Waals surface area contributed by atoms with E-state index in [1.807, 2.05) is 23.1 Å². The SMILES string of the molecule is CC(C)n1ncc2cc(CN(CCO)CCc3ccccc3)cnc21. The maximum Gasteiger partial charge on any atom is 0.157 e. The third kappa shape index (κ3) is 4.44. The molecule has 132 valence electrons. The second-order valence-electron chi connectivity index (χ2n) is 6.67. The number of aromatic nitrogens is 3. The van der Waals surface area contributed by atoms with E-state index in [0.717, 1.165) is 36.1 Å². The van der Waals surface area contributed by atoms with Crippen LogP contribution in [0.25, 0.3) is 11.0 Å². The van der Waals surface area contributed by atoms with Crippen LogP contribution in [0.15, 0.2) is 48.8 Å². The van der Waals surface area contributed by atoms with Crippen molar-refractivity contribution in [3.63, 3.8) is 0 Å². The Hall–Kier alpha value is -2.24. The fourth-order valence-corrected chi connectivity index (χ4v) is 3.05. The van der Waals surface area contributed by atoms with E-state index in [1.165, 1.54) is 5.56 Å². The number of rotatable bonds is 8. The summed E-state index contributed by atoms with van der Waals surface area (Å²) in [5.74, 6) is 0. The van der Waals surface area contributed by atoms with Crippen LogP contribution in [-0.2, 0) is 13.0 Å². The molecular formula is C20H26N4O. The lowest BCUT2D eigenvalue weighted by Gasteiger charge is -2.21. The van der Waals surface area contributed by atoms with E-state index in [4.69, 9.17) is 0 Å². The van der Waals surface area contributed by atoms with Gasteiger partial charge in [-0.05, 0) is 37.5 Å². The van der Waals surface area contributed by atoms with Gasteiger partial charge in [-0.15, -0.1) is 0 Å². The molecule has 5 nitrogen and oxygen atoms in total. The number of nitrogens with zero attached hydrogens (tertiary/aromatic N) is 4. The highest BCUT2D eigenvalue weighted by Gasteiger charge is 2.10. The molecule has 1 aromatic carbocycles. The summed E-state index contributed by atoms with van der Waals surface area (Å²) in [7, 11) is 0. The lowest BCUT2D eigenvalue weighted by Crippen LogP contribution is -2.28. The highest BCUT2D eigenvalue weighted by Crippen LogP contribution is 2.17. The van der Waals surface area contributed by atoms with Crippen molar-refractivity contribution in [1.29, 1.82) is 0 Å². The van der Waals surface area contributed by atoms with Crippen LogP contribution in [0.5, 0.6) is 0 Å². The van der Waals surface area contributed by atoms with Crippen molar-refractivity contribution >= 4 is 11.0 Å². The Morgan fingerprint density at radius 3 is 2.60 bits per heavy atom. The first-order valence-electron chi connectivity index (χ1n) is 8.86. The van der Waals surface area contributed by atoms with Gasteiger partial charge in [-0.3, -0.25) is 4.90 Å². The number of aliphatic hydroxyl groups excluding tert-OH is 1. The highest BCUT2D eigenvalue weighted by atomic mass is 16.3. The Morgan fingerprint density at radius 1 is 1.08 bits per heavy atom. The molecule has 0 unspecified atom stereocenters. The van der Waals surface area contributed by atoms with Gasteiger partial charge >= 0.3 is 0 Å². The smallest absolute Gasteiger partial charge is 0.157 e. The van der Waals surface area contributed by atoms with Crippen LogP contribution in [0.3, 0.4) is 0 Å². The number of pyridine rings is 1. The molecule has 5 heteroatoms. The zero-order valence-electron chi connectivity index (χ0n) is 15.0. The number of benzene rings is 1. The Labute approximate surface area is 148 Å². The topological polar surface area (TPSA) is 54.2 Å². The van der Waals surface area contributed by atoms with Crippen LogP contribution in [0.2, 0.25) is 0 Å². The van der Waals surface area contributed by atoms with Gasteiger partial charge in [0.1, 0.15) is 0 Å². The van der Waals surface area contributed by atoms with Gasteiger partial charge in [0.25, 0.3) is 0 Å². The second kappa shape index (κ2) is 8.23. The Kier molecular flexibility index (Phi) is 5.79. The van der Waals surface area contributed by atoms with Crippen LogP contribution in [0.1, 0.15) is 31.0 Å². The molecule has 0 aliphatic rings. The standard InChI is InChI=1S/C20H26N4O/c1-16(2)24-20-19(14-22-24)12-18(13-21-20)15-23(10-11-25)9-8-17-6-4-3-5-7-17/h3-7,12-14,16,25H,8-11,15H2,1-2H3. The molecule has 0 aliphatic heterocycles. The summed E-state index contributed by atoms with van der Waals surface area (Å²) in [4.78, 5) is 6.87. The van der Waals surface area contributed by atoms with Gasteiger partial charge in [-0.1, -0.05) is 30.3 Å². The van der Waals surface area contributed by atoms with Crippen molar-refractivity contribution in [3.8, 4) is 0 Å². The maximum absolute atomic E-state index is 9.38. The Bertz CT molecular complexity index is 798. The van der Waals surface area contributed by atoms with Crippen LogP contribution in [-0.4, -0.2) is 44.5 Å². The van der Waals surface area contributed by atoms with Gasteiger partial charge in [0, 0.05) is 37.3 Å². The van der Waals surface area contributed by atoms with E-state index in [9.17, 15) is 5.11 Å². The highest BCUT2D eigenvalue weighted by molar-refractivity contribution is 5.75. The van der Waals surface area contributed by atoms with Crippen molar-refractivity contribution < 1.29 is 5.11 Å². The van der Waals surface area contributed by atoms with E-state index >= 15 is 0 Å². The molecule has 0 amide bonds. The zero-order valence-corrected chi connectivity index (χ0v) is 15.0. The van der Waals surface area contributed by atoms with Crippen LogP contribution < -0.4 is 0 Å². The predicted octanol–water partition coefficient (Wildman–Crippen LogP) is 3.05. The minimum Gasteiger partial charge on any atom is -0.395 e. The summed E-state index contributed by atoms with van der Waals surface area (Å²) < 4.78 is 1.94. The van der Waals surface area contributed by atoms with Gasteiger partial charge in [-0.2, -0.15) is 5.10 Å². The summed E-state index contributed by atoms with van der Waals surface area (Å²) in [5.41, 5.74) is 3.39. The molecule has 25 heavy (non-hydrogen) atoms. The summed E-state index contributed by atoms with van der Waals surface area (Å²) >= 11 is 0. The lowest BCUT2D eigenvalue weighted by atomic mass is 10.1. The average Bonchev–Trinajstić information content (AvgIpc) is 3.04. The first kappa shape index (κ1) is 17.6. The molecule has 2 heterocycles. The van der Waals surface area contributed by atoms with E-state index in [0.29, 0.717) is 12.6 Å². The monoisotopic (exact) mass is 338 g/mol. The molecule has 0 atom stereocenters. The molecule has 0 aliphatic carbocycles. The summed E-state index contributed by atoms with van der Waals surface area (Å²) in [6, 6.07) is 12.9. The zero-order chi connectivity index (χ0) is 17.6. The molecule has 0 saturated carbocycles. The minimum absolute atomic E-state index is 0.162. The first-order valence-corrected chi connectivity index (χ1v) is 8.86. The second-order valence-corrected chi connectivity index (χ2v) is 6.67. The fourth-order valence-electron chi connectivity index (χ4n) is 3.05. The molecule has 0 bridgehead atoms. The first-order chi connectivity index (χ1) is 12.2. The Morgan fingerprint density at radius 2 is 1.88 bits per heavy atom. The van der Waals surface area contributed by atoms with Crippen LogP contribution in [0, 0.1) is 0 Å². The van der Waals surface area contributed by atoms with Crippen molar-refractivity contribution in [3.05, 3.63) is 59.9 Å². The largest absolute Gasteiger partial charge is 0.395 e. The summed E-state index contributed by atoms with van der Waals surface area (Å²) in [6.07, 6.45) is 4.78. The van der Waals surface area contributed by atoms with Crippen LogP contribution in [0.4, 0.5) is 0 Å². The summed E-state index contributed by atoms with van der Waals surface area (Å²) in [5, 5.41) is 14.9. The van der Waals surface area contributed by atoms with Crippen molar-refractivity contribution in [2.45, 2.75) is 32.9 Å². The van der Waals surface area contributed by atoms with E-state index in [-0.39, 0.29) is 6.61 Å². The molecule has 0 fully saturated rings. The van der Waals surface area contributed by atoms with Gasteiger partial charge in [-0.25, -0.2) is 9.67 Å². The average molecular weight is 338 g/mol. The molecule has 0 spiro atoms. The molecule has 1 N–H and O–H groups in total. The maximum atomic E-state index is 9.38. The van der Waals surface area contributed by atoms with Crippen molar-refractivity contribution in [2.24, 2.45) is 0 Å². The lowest BCUT2D eigenvalue weighted by molar-refractivity contribution is 0.191. The predicted molar refractivity (Wildman–Crippen MR) is 100 cm³/mol. The molecule has 3 aromatic rings. The van der Waals surface area contributed by atoms with Crippen molar-refractivity contribution in [2.75, 3.05) is 19.7 Å². The fraction of sp³-hybridized carbons (Fsp3) is 0.400. The molecular weight excluding hydrogens is 312 g/mol. The molecule has 3 rings (SSSR count). The Balaban J connectivity index is 1.70. The van der Waals surface area contributed by atoms with E-state index in [2.05, 4.69) is 59.2 Å². The van der Waals surface area contributed by atoms with Crippen molar-refractivity contribution in [1.82, 2.24) is 19.7 Å². The van der Waals surface area contributed by atoms with Gasteiger partial charge in [0.2, 0.25) is 0 Å². The molecule has 0 radical (unpaired) electrons. The number of hydrogen-bond donors (Lipinski definition) is 1. The number of hydrogen-bond acceptors (Lipinski definition) is 4. The quantitative estimate of drug-likeness (QED) is 0.686. The van der Waals surface area contributed by atoms with Gasteiger partial charge < -0.3 is 5.11 Å². The minimum atomic E-state index is 0.162. The van der Waals surface area contributed by atoms with Gasteiger partial charge in [0.05, 0.1) is 12.8 Å². The summed E-state index contributed by atoms with van der Waals surface area (Å²) in [6.45, 7) is 6.73. The number of aliphatic hydroxyl groups is 1. The molecule has 2 aromatic heterocycles. The van der Waals surface area contributed by atoms with Crippen LogP contribution >= 0.6 is 0 Å². The third-order valence-electron chi connectivity index (χ3n) is 4.36. The third-order valence-corrected chi connectivity index (χ3v) is 4.36. The van der Waals surface area contributed by atoms with E-state index < -0.39 is 0 Å². The number of fused-ring (bicyclic) bond motifs is 1. The van der Waals surface area contributed by atoms with Gasteiger partial charge in [0.15, 0.2) is 5.65 Å². The normalized spacial score (nSPS) is 11.7. The van der Waals surface area contributed by atoms with E-state index in [1.54, 1.807) is 0 Å². The molecule has 0 saturated heterocycles.